The Morgan fingerprint density at radius 2 is 2.17 bits per heavy atom. The second-order valence-corrected chi connectivity index (χ2v) is 5.02. The van der Waals surface area contributed by atoms with Crippen molar-refractivity contribution in [2.24, 2.45) is 11.8 Å². The maximum Gasteiger partial charge on any atom is 0.241 e. The normalized spacial score (nSPS) is 24.6. The first-order valence-corrected chi connectivity index (χ1v) is 6.60. The summed E-state index contributed by atoms with van der Waals surface area (Å²) in [6.07, 6.45) is 4.74. The van der Waals surface area contributed by atoms with Gasteiger partial charge in [0.1, 0.15) is 5.78 Å². The number of ketones is 1. The van der Waals surface area contributed by atoms with E-state index in [1.807, 2.05) is 6.92 Å². The molecule has 1 amide bonds. The van der Waals surface area contributed by atoms with Gasteiger partial charge in [-0.2, -0.15) is 0 Å². The predicted octanol–water partition coefficient (Wildman–Crippen LogP) is 1.15. The number of carbonyl (C=O) groups is 2. The van der Waals surface area contributed by atoms with Crippen molar-refractivity contribution in [3.63, 3.8) is 0 Å². The molecule has 1 rings (SSSR count). The first kappa shape index (κ1) is 18.2. The fraction of sp³-hybridized carbons (Fsp3) is 0.636. The van der Waals surface area contributed by atoms with Crippen molar-refractivity contribution in [3.8, 4) is 0 Å². The van der Waals surface area contributed by atoms with E-state index in [0.717, 1.165) is 12.8 Å². The van der Waals surface area contributed by atoms with Gasteiger partial charge in [0.2, 0.25) is 5.91 Å². The molecule has 3 atom stereocenters. The summed E-state index contributed by atoms with van der Waals surface area (Å²) in [5, 5.41) is 0. The standard InChI is InChI=1S/C11H17NO4S.Ar/c1-3-4-9-5-6-12(17(15)16)11(14)10(9)7-8(2)13;/h5-6,9-10H,3-4,7H2,1-2H3,(H,15,16);/p-1/t9-,10-;/m0./s1. The Bertz CT molecular complexity index is 372. The molecule has 18 heavy (non-hydrogen) atoms. The van der Waals surface area contributed by atoms with Gasteiger partial charge in [-0.05, 0) is 19.3 Å². The molecule has 7 heteroatoms. The topological polar surface area (TPSA) is 77.5 Å². The summed E-state index contributed by atoms with van der Waals surface area (Å²) in [5.41, 5.74) is 0. The summed E-state index contributed by atoms with van der Waals surface area (Å²) in [6, 6.07) is 0. The van der Waals surface area contributed by atoms with Crippen molar-refractivity contribution in [3.05, 3.63) is 12.3 Å². The smallest absolute Gasteiger partial charge is 0.241 e. The summed E-state index contributed by atoms with van der Waals surface area (Å²) >= 11 is -2.60. The third-order valence-electron chi connectivity index (χ3n) is 2.81. The first-order valence-electron chi connectivity index (χ1n) is 5.57. The molecule has 5 nitrogen and oxygen atoms in total. The fourth-order valence-electron chi connectivity index (χ4n) is 2.05. The molecule has 0 aliphatic carbocycles. The van der Waals surface area contributed by atoms with Gasteiger partial charge in [0.15, 0.2) is 0 Å². The molecule has 0 spiro atoms. The van der Waals surface area contributed by atoms with E-state index in [0.29, 0.717) is 4.31 Å². The molecule has 0 aromatic carbocycles. The average molecular weight is 298 g/mol. The van der Waals surface area contributed by atoms with Gasteiger partial charge in [-0.1, -0.05) is 19.4 Å². The number of allylic oxidation sites excluding steroid dienone is 1. The van der Waals surface area contributed by atoms with Crippen LogP contribution in [0.2, 0.25) is 0 Å². The monoisotopic (exact) mass is 298 g/mol. The fourth-order valence-corrected chi connectivity index (χ4v) is 2.50. The third-order valence-corrected chi connectivity index (χ3v) is 3.43. The number of nitrogens with zero attached hydrogens (tertiary/aromatic N) is 1. The average Bonchev–Trinajstić information content (AvgIpc) is 2.22. The van der Waals surface area contributed by atoms with E-state index >= 15 is 0 Å². The number of Topliss-reactive ketones (excluding diaryl/α,β-unsaturated/α-hetero) is 1. The van der Waals surface area contributed by atoms with Gasteiger partial charge >= 0.3 is 0 Å². The summed E-state index contributed by atoms with van der Waals surface area (Å²) in [5.74, 6) is -1.20. The Labute approximate surface area is 139 Å². The van der Waals surface area contributed by atoms with Crippen LogP contribution in [0.3, 0.4) is 0 Å². The van der Waals surface area contributed by atoms with Crippen LogP contribution >= 0.6 is 0 Å². The van der Waals surface area contributed by atoms with Crippen molar-refractivity contribution < 1.29 is 56.1 Å². The molecule has 0 saturated heterocycles. The van der Waals surface area contributed by atoms with Gasteiger partial charge < -0.3 is 9.35 Å². The Morgan fingerprint density at radius 3 is 2.61 bits per heavy atom. The van der Waals surface area contributed by atoms with E-state index < -0.39 is 23.1 Å². The molecule has 1 heterocycles. The van der Waals surface area contributed by atoms with Crippen LogP contribution in [0.15, 0.2) is 12.3 Å². The number of hydrogen-bond acceptors (Lipinski definition) is 4. The quantitative estimate of drug-likeness (QED) is 0.713. The first-order chi connectivity index (χ1) is 7.97. The van der Waals surface area contributed by atoms with E-state index in [-0.39, 0.29) is 55.9 Å². The zero-order valence-electron chi connectivity index (χ0n) is 10.3. The summed E-state index contributed by atoms with van der Waals surface area (Å²) in [7, 11) is 0. The zero-order chi connectivity index (χ0) is 13.0. The van der Waals surface area contributed by atoms with E-state index in [4.69, 9.17) is 0 Å². The summed E-state index contributed by atoms with van der Waals surface area (Å²) < 4.78 is 22.3. The maximum absolute atomic E-state index is 11.9. The van der Waals surface area contributed by atoms with Gasteiger partial charge in [0.05, 0.1) is 17.2 Å². The molecule has 0 saturated carbocycles. The molecule has 0 bridgehead atoms. The number of carbonyl (C=O) groups excluding carboxylic acids is 2. The SMILES string of the molecule is CCC[C@H]1C=CN(S(=O)[O-])C(=O)[C@H]1CC(C)=O.[Ar]. The van der Waals surface area contributed by atoms with E-state index in [9.17, 15) is 18.4 Å². The largest absolute Gasteiger partial charge is 0.755 e. The number of amides is 1. The van der Waals surface area contributed by atoms with E-state index in [1.54, 1.807) is 6.08 Å². The zero-order valence-corrected chi connectivity index (χ0v) is 11.8. The van der Waals surface area contributed by atoms with Crippen LogP contribution in [-0.4, -0.2) is 24.8 Å². The minimum Gasteiger partial charge on any atom is -0.755 e. The second kappa shape index (κ2) is 8.43. The van der Waals surface area contributed by atoms with Crippen LogP contribution in [0.5, 0.6) is 0 Å². The summed E-state index contributed by atoms with van der Waals surface area (Å²) in [6.45, 7) is 3.40. The van der Waals surface area contributed by atoms with Gasteiger partial charge in [0.25, 0.3) is 0 Å². The summed E-state index contributed by atoms with van der Waals surface area (Å²) in [4.78, 5) is 23.1. The Hall–Kier alpha value is 0.250. The van der Waals surface area contributed by atoms with Crippen molar-refractivity contribution >= 4 is 23.0 Å². The van der Waals surface area contributed by atoms with Crippen molar-refractivity contribution in [2.75, 3.05) is 0 Å². The molecule has 0 aromatic rings. The van der Waals surface area contributed by atoms with Crippen LogP contribution in [0.25, 0.3) is 0 Å². The van der Waals surface area contributed by atoms with Gasteiger partial charge in [-0.15, -0.1) is 0 Å². The van der Waals surface area contributed by atoms with Crippen LogP contribution in [0.4, 0.5) is 0 Å². The van der Waals surface area contributed by atoms with E-state index in [2.05, 4.69) is 0 Å². The van der Waals surface area contributed by atoms with Crippen molar-refractivity contribution in [2.45, 2.75) is 33.1 Å². The molecule has 104 valence electrons. The molecule has 0 radical (unpaired) electrons. The third kappa shape index (κ3) is 4.74. The molecule has 0 aromatic heterocycles. The van der Waals surface area contributed by atoms with Gasteiger partial charge in [0, 0.05) is 50.4 Å². The van der Waals surface area contributed by atoms with Gasteiger partial charge in [-0.3, -0.25) is 9.00 Å². The molecule has 1 unspecified atom stereocenters. The van der Waals surface area contributed by atoms with Crippen molar-refractivity contribution in [1.82, 2.24) is 4.31 Å². The second-order valence-electron chi connectivity index (χ2n) is 4.19. The van der Waals surface area contributed by atoms with Crippen LogP contribution in [0, 0.1) is 49.6 Å². The molecule has 0 N–H and O–H groups in total. The maximum atomic E-state index is 11.9. The van der Waals surface area contributed by atoms with Crippen LogP contribution < -0.4 is 0 Å². The minimum absolute atomic E-state index is 0. The Balaban J connectivity index is 0.00000289. The van der Waals surface area contributed by atoms with E-state index in [1.165, 1.54) is 13.1 Å². The molecule has 1 aliphatic rings. The molecule has 1 aliphatic heterocycles. The molecule has 0 fully saturated rings. The Morgan fingerprint density at radius 1 is 1.56 bits per heavy atom. The molecular weight excluding hydrogens is 282 g/mol. The Kier molecular flexibility index (Phi) is 8.54. The number of hydrogen-bond donors (Lipinski definition) is 0. The van der Waals surface area contributed by atoms with Crippen LogP contribution in [-0.2, 0) is 20.9 Å². The van der Waals surface area contributed by atoms with Crippen LogP contribution in [0.1, 0.15) is 33.1 Å². The minimum atomic E-state index is -2.60. The number of rotatable bonds is 5. The molecular formula is C11H16ArNO4S-. The predicted molar refractivity (Wildman–Crippen MR) is 62.1 cm³/mol. The van der Waals surface area contributed by atoms with Crippen molar-refractivity contribution in [1.29, 1.82) is 0 Å². The van der Waals surface area contributed by atoms with Gasteiger partial charge in [-0.25, -0.2) is 4.31 Å².